The van der Waals surface area contributed by atoms with Crippen LogP contribution in [-0.4, -0.2) is 80.0 Å². The molecule has 0 radical (unpaired) electrons. The second-order valence-corrected chi connectivity index (χ2v) is 10.4. The number of nitrogens with one attached hydrogen (secondary N) is 1. The fourth-order valence-corrected chi connectivity index (χ4v) is 5.31. The zero-order chi connectivity index (χ0) is 29.9. The van der Waals surface area contributed by atoms with Crippen LogP contribution in [0.4, 0.5) is 5.69 Å². The summed E-state index contributed by atoms with van der Waals surface area (Å²) in [6.45, 7) is 4.58. The number of rotatable bonds is 13. The monoisotopic (exact) mass is 584 g/mol. The van der Waals surface area contributed by atoms with Crippen LogP contribution in [0, 0.1) is 0 Å². The summed E-state index contributed by atoms with van der Waals surface area (Å²) in [5.74, 6) is 0.718. The lowest BCUT2D eigenvalue weighted by molar-refractivity contribution is -0.129. The molecular formula is C32H36N6O5. The van der Waals surface area contributed by atoms with E-state index in [1.165, 1.54) is 0 Å². The number of azide groups is 1. The molecule has 224 valence electrons. The number of amides is 1. The van der Waals surface area contributed by atoms with Gasteiger partial charge in [0.1, 0.15) is 5.75 Å². The first-order valence-electron chi connectivity index (χ1n) is 14.5. The number of nitrogens with zero attached hydrogens (tertiary/aromatic N) is 5. The van der Waals surface area contributed by atoms with Gasteiger partial charge in [0.05, 0.1) is 19.8 Å². The molecule has 11 heteroatoms. The second kappa shape index (κ2) is 14.7. The van der Waals surface area contributed by atoms with Gasteiger partial charge >= 0.3 is 0 Å². The van der Waals surface area contributed by atoms with E-state index in [0.717, 1.165) is 18.7 Å². The Morgan fingerprint density at radius 3 is 2.58 bits per heavy atom. The molecule has 2 aliphatic rings. The minimum atomic E-state index is -1.39. The van der Waals surface area contributed by atoms with Crippen LogP contribution in [0.2, 0.25) is 0 Å². The number of carbonyl (C=O) groups is 1. The maximum Gasteiger partial charge on any atom is 0.252 e. The molecule has 0 aliphatic carbocycles. The standard InChI is InChI=1S/C32H36N6O5/c33-37-36-28-10-5-4-9-26(28)23-32(31(40)34-15-16-38-17-21-41-22-18-38)29(24-7-2-1-3-8-24)43-30(35-32)25-11-13-27(14-12-25)42-20-6-19-39/h1-5,7-14,29,39H,6,15-23H2,(H,34,40)/t29-,32-/m1/s1. The Hall–Kier alpha value is -4.41. The summed E-state index contributed by atoms with van der Waals surface area (Å²) < 4.78 is 17.7. The van der Waals surface area contributed by atoms with E-state index in [1.54, 1.807) is 12.1 Å². The predicted molar refractivity (Wildman–Crippen MR) is 162 cm³/mol. The number of hydrogen-bond acceptors (Lipinski definition) is 8. The SMILES string of the molecule is [N-]=[N+]=Nc1ccccc1C[C@@]1(C(=O)NCCN2CCOCC2)N=C(c2ccc(OCCCO)cc2)O[C@@H]1c1ccccc1. The minimum absolute atomic E-state index is 0.0585. The van der Waals surface area contributed by atoms with Crippen molar-refractivity contribution < 1.29 is 24.1 Å². The lowest BCUT2D eigenvalue weighted by atomic mass is 9.81. The van der Waals surface area contributed by atoms with Crippen molar-refractivity contribution in [2.75, 3.05) is 52.6 Å². The average molecular weight is 585 g/mol. The molecule has 5 rings (SSSR count). The molecule has 0 spiro atoms. The molecule has 1 fully saturated rings. The van der Waals surface area contributed by atoms with Gasteiger partial charge in [0.25, 0.3) is 5.91 Å². The van der Waals surface area contributed by atoms with E-state index in [4.69, 9.17) is 24.3 Å². The summed E-state index contributed by atoms with van der Waals surface area (Å²) in [5.41, 5.74) is 10.4. The molecule has 2 heterocycles. The summed E-state index contributed by atoms with van der Waals surface area (Å²) in [6.07, 6.45) is -0.0555. The highest BCUT2D eigenvalue weighted by Gasteiger charge is 2.53. The van der Waals surface area contributed by atoms with Crippen LogP contribution >= 0.6 is 0 Å². The van der Waals surface area contributed by atoms with E-state index in [-0.39, 0.29) is 18.9 Å². The van der Waals surface area contributed by atoms with Gasteiger partial charge in [0.15, 0.2) is 11.6 Å². The van der Waals surface area contributed by atoms with Gasteiger partial charge in [-0.05, 0) is 40.9 Å². The van der Waals surface area contributed by atoms with Crippen molar-refractivity contribution in [3.05, 3.63) is 106 Å². The summed E-state index contributed by atoms with van der Waals surface area (Å²) in [6, 6.07) is 24.1. The average Bonchev–Trinajstić information content (AvgIpc) is 3.44. The van der Waals surface area contributed by atoms with E-state index in [9.17, 15) is 10.3 Å². The van der Waals surface area contributed by atoms with Crippen molar-refractivity contribution >= 4 is 17.5 Å². The molecule has 1 saturated heterocycles. The predicted octanol–water partition coefficient (Wildman–Crippen LogP) is 4.34. The Kier molecular flexibility index (Phi) is 10.2. The number of aliphatic hydroxyl groups is 1. The molecule has 0 bridgehead atoms. The van der Waals surface area contributed by atoms with Crippen molar-refractivity contribution in [3.8, 4) is 5.75 Å². The Balaban J connectivity index is 1.51. The number of morpholine rings is 1. The van der Waals surface area contributed by atoms with Gasteiger partial charge in [0.2, 0.25) is 5.90 Å². The highest BCUT2D eigenvalue weighted by molar-refractivity contribution is 6.01. The molecule has 3 aromatic rings. The molecule has 11 nitrogen and oxygen atoms in total. The van der Waals surface area contributed by atoms with Crippen molar-refractivity contribution in [1.82, 2.24) is 10.2 Å². The molecule has 2 aliphatic heterocycles. The maximum atomic E-state index is 14.4. The Morgan fingerprint density at radius 1 is 1.09 bits per heavy atom. The lowest BCUT2D eigenvalue weighted by Gasteiger charge is -2.32. The van der Waals surface area contributed by atoms with Crippen molar-refractivity contribution in [1.29, 1.82) is 0 Å². The topological polar surface area (TPSA) is 141 Å². The largest absolute Gasteiger partial charge is 0.494 e. The zero-order valence-electron chi connectivity index (χ0n) is 24.0. The van der Waals surface area contributed by atoms with E-state index >= 15 is 0 Å². The summed E-state index contributed by atoms with van der Waals surface area (Å²) >= 11 is 0. The third-order valence-corrected chi connectivity index (χ3v) is 7.55. The van der Waals surface area contributed by atoms with Crippen LogP contribution in [0.3, 0.4) is 0 Å². The third-order valence-electron chi connectivity index (χ3n) is 7.55. The summed E-state index contributed by atoms with van der Waals surface area (Å²) in [4.78, 5) is 24.7. The van der Waals surface area contributed by atoms with Crippen LogP contribution in [0.5, 0.6) is 5.75 Å². The van der Waals surface area contributed by atoms with Crippen molar-refractivity contribution in [2.24, 2.45) is 10.1 Å². The maximum absolute atomic E-state index is 14.4. The van der Waals surface area contributed by atoms with Gasteiger partial charge in [0, 0.05) is 61.8 Å². The minimum Gasteiger partial charge on any atom is -0.494 e. The number of benzene rings is 3. The Morgan fingerprint density at radius 2 is 1.84 bits per heavy atom. The molecule has 0 saturated carbocycles. The number of aliphatic imine (C=N–C) groups is 1. The van der Waals surface area contributed by atoms with Crippen molar-refractivity contribution in [2.45, 2.75) is 24.5 Å². The Bertz CT molecular complexity index is 1440. The smallest absolute Gasteiger partial charge is 0.252 e. The van der Waals surface area contributed by atoms with Gasteiger partial charge in [-0.2, -0.15) is 0 Å². The lowest BCUT2D eigenvalue weighted by Crippen LogP contribution is -2.51. The molecule has 2 N–H and O–H groups in total. The quantitative estimate of drug-likeness (QED) is 0.133. The molecule has 3 aromatic carbocycles. The molecule has 43 heavy (non-hydrogen) atoms. The van der Waals surface area contributed by atoms with Crippen molar-refractivity contribution in [3.63, 3.8) is 0 Å². The van der Waals surface area contributed by atoms with Crippen LogP contribution in [-0.2, 0) is 20.7 Å². The highest BCUT2D eigenvalue weighted by Crippen LogP contribution is 2.43. The van der Waals surface area contributed by atoms with Gasteiger partial charge in [-0.15, -0.1) is 0 Å². The van der Waals surface area contributed by atoms with E-state index in [1.807, 2.05) is 66.7 Å². The first kappa shape index (κ1) is 30.1. The highest BCUT2D eigenvalue weighted by atomic mass is 16.5. The number of ether oxygens (including phenoxy) is 3. The third kappa shape index (κ3) is 7.33. The molecule has 0 unspecified atom stereocenters. The summed E-state index contributed by atoms with van der Waals surface area (Å²) in [7, 11) is 0. The first-order valence-corrected chi connectivity index (χ1v) is 14.5. The van der Waals surface area contributed by atoms with Crippen LogP contribution in [0.25, 0.3) is 10.4 Å². The van der Waals surface area contributed by atoms with Gasteiger partial charge < -0.3 is 24.6 Å². The Labute approximate surface area is 250 Å². The molecule has 2 atom stereocenters. The molecular weight excluding hydrogens is 548 g/mol. The fraction of sp³-hybridized carbons (Fsp3) is 0.375. The van der Waals surface area contributed by atoms with Gasteiger partial charge in [-0.3, -0.25) is 9.69 Å². The van der Waals surface area contributed by atoms with Crippen LogP contribution < -0.4 is 10.1 Å². The number of hydrogen-bond donors (Lipinski definition) is 2. The molecule has 1 amide bonds. The van der Waals surface area contributed by atoms with Crippen LogP contribution in [0.1, 0.15) is 29.2 Å². The first-order chi connectivity index (χ1) is 21.1. The zero-order valence-corrected chi connectivity index (χ0v) is 24.0. The normalized spacial score (nSPS) is 20.0. The molecule has 0 aromatic heterocycles. The van der Waals surface area contributed by atoms with E-state index < -0.39 is 11.6 Å². The van der Waals surface area contributed by atoms with E-state index in [0.29, 0.717) is 67.8 Å². The van der Waals surface area contributed by atoms with Crippen LogP contribution in [0.15, 0.2) is 89.0 Å². The summed E-state index contributed by atoms with van der Waals surface area (Å²) in [5, 5.41) is 16.1. The fourth-order valence-electron chi connectivity index (χ4n) is 5.31. The van der Waals surface area contributed by atoms with Gasteiger partial charge in [-0.25, -0.2) is 4.99 Å². The number of carbonyl (C=O) groups excluding carboxylic acids is 1. The van der Waals surface area contributed by atoms with Gasteiger partial charge in [-0.1, -0.05) is 59.7 Å². The second-order valence-electron chi connectivity index (χ2n) is 10.4. The van der Waals surface area contributed by atoms with E-state index in [2.05, 4.69) is 20.2 Å². The number of aliphatic hydroxyl groups excluding tert-OH is 1.